The smallest absolute Gasteiger partial charge is 0.251 e. The standard InChI is InChI=1S/C14H20N4O/c1-6-10-9(8-18(5)17-10)13-15-11(14(2,3)4)7-12(19)16-13/h7-8H,6H2,1-5H3,(H,15,16,19). The van der Waals surface area contributed by atoms with Gasteiger partial charge in [-0.1, -0.05) is 27.7 Å². The van der Waals surface area contributed by atoms with E-state index in [0.717, 1.165) is 23.4 Å². The molecule has 0 aromatic carbocycles. The highest BCUT2D eigenvalue weighted by atomic mass is 16.1. The average Bonchev–Trinajstić information content (AvgIpc) is 2.68. The van der Waals surface area contributed by atoms with Crippen molar-refractivity contribution < 1.29 is 0 Å². The van der Waals surface area contributed by atoms with Crippen molar-refractivity contribution in [3.05, 3.63) is 34.0 Å². The van der Waals surface area contributed by atoms with Crippen LogP contribution < -0.4 is 5.56 Å². The number of H-pyrrole nitrogens is 1. The maximum Gasteiger partial charge on any atom is 0.251 e. The highest BCUT2D eigenvalue weighted by Crippen LogP contribution is 2.23. The van der Waals surface area contributed by atoms with Crippen LogP contribution in [0.2, 0.25) is 0 Å². The van der Waals surface area contributed by atoms with E-state index in [1.807, 2.05) is 40.9 Å². The van der Waals surface area contributed by atoms with Crippen molar-refractivity contribution in [1.29, 1.82) is 0 Å². The topological polar surface area (TPSA) is 63.6 Å². The maximum atomic E-state index is 11.8. The molecule has 0 unspecified atom stereocenters. The van der Waals surface area contributed by atoms with Crippen LogP contribution in [0.1, 0.15) is 39.1 Å². The van der Waals surface area contributed by atoms with E-state index in [9.17, 15) is 4.79 Å². The zero-order valence-electron chi connectivity index (χ0n) is 12.1. The van der Waals surface area contributed by atoms with Gasteiger partial charge in [-0.25, -0.2) is 4.98 Å². The molecule has 0 fully saturated rings. The fourth-order valence-corrected chi connectivity index (χ4v) is 1.96. The van der Waals surface area contributed by atoms with Crippen LogP contribution in [0.4, 0.5) is 0 Å². The first kappa shape index (κ1) is 13.5. The van der Waals surface area contributed by atoms with Gasteiger partial charge in [-0.15, -0.1) is 0 Å². The molecule has 5 heteroatoms. The van der Waals surface area contributed by atoms with E-state index in [4.69, 9.17) is 0 Å². The van der Waals surface area contributed by atoms with Gasteiger partial charge in [-0.2, -0.15) is 5.10 Å². The molecule has 2 aromatic heterocycles. The third-order valence-corrected chi connectivity index (χ3v) is 3.01. The molecule has 19 heavy (non-hydrogen) atoms. The van der Waals surface area contributed by atoms with Gasteiger partial charge in [0.15, 0.2) is 0 Å². The van der Waals surface area contributed by atoms with Crippen LogP contribution in [0.3, 0.4) is 0 Å². The summed E-state index contributed by atoms with van der Waals surface area (Å²) in [4.78, 5) is 19.2. The number of rotatable bonds is 2. The van der Waals surface area contributed by atoms with Gasteiger partial charge in [0.2, 0.25) is 0 Å². The highest BCUT2D eigenvalue weighted by molar-refractivity contribution is 5.57. The molecule has 0 aliphatic carbocycles. The Morgan fingerprint density at radius 1 is 1.37 bits per heavy atom. The second-order valence-corrected chi connectivity index (χ2v) is 5.75. The molecule has 0 atom stereocenters. The molecule has 0 aliphatic heterocycles. The number of nitrogens with one attached hydrogen (secondary N) is 1. The highest BCUT2D eigenvalue weighted by Gasteiger charge is 2.19. The van der Waals surface area contributed by atoms with E-state index in [1.165, 1.54) is 0 Å². The lowest BCUT2D eigenvalue weighted by molar-refractivity contribution is 0.566. The number of nitrogens with zero attached hydrogens (tertiary/aromatic N) is 3. The first-order chi connectivity index (χ1) is 8.81. The molecule has 2 aromatic rings. The van der Waals surface area contributed by atoms with Crippen LogP contribution in [0, 0.1) is 0 Å². The molecule has 2 heterocycles. The van der Waals surface area contributed by atoms with Gasteiger partial charge in [0, 0.05) is 24.7 Å². The van der Waals surface area contributed by atoms with Gasteiger partial charge < -0.3 is 4.98 Å². The molecule has 2 rings (SSSR count). The second kappa shape index (κ2) is 4.64. The number of hydrogen-bond acceptors (Lipinski definition) is 3. The Hall–Kier alpha value is -1.91. The quantitative estimate of drug-likeness (QED) is 0.898. The van der Waals surface area contributed by atoms with Crippen LogP contribution in [0.25, 0.3) is 11.4 Å². The fourth-order valence-electron chi connectivity index (χ4n) is 1.96. The molecule has 0 saturated heterocycles. The second-order valence-electron chi connectivity index (χ2n) is 5.75. The lowest BCUT2D eigenvalue weighted by atomic mass is 9.92. The van der Waals surface area contributed by atoms with Crippen molar-refractivity contribution in [3.63, 3.8) is 0 Å². The predicted octanol–water partition coefficient (Wildman–Crippen LogP) is 2.03. The van der Waals surface area contributed by atoms with E-state index in [1.54, 1.807) is 10.7 Å². The minimum Gasteiger partial charge on any atom is -0.306 e. The Morgan fingerprint density at radius 3 is 2.63 bits per heavy atom. The van der Waals surface area contributed by atoms with Gasteiger partial charge >= 0.3 is 0 Å². The van der Waals surface area contributed by atoms with Gasteiger partial charge in [0.25, 0.3) is 5.56 Å². The zero-order chi connectivity index (χ0) is 14.2. The fraction of sp³-hybridized carbons (Fsp3) is 0.500. The van der Waals surface area contributed by atoms with Crippen molar-refractivity contribution in [3.8, 4) is 11.4 Å². The number of aromatic amines is 1. The van der Waals surface area contributed by atoms with E-state index in [2.05, 4.69) is 15.1 Å². The van der Waals surface area contributed by atoms with Crippen molar-refractivity contribution in [1.82, 2.24) is 19.7 Å². The zero-order valence-corrected chi connectivity index (χ0v) is 12.1. The first-order valence-corrected chi connectivity index (χ1v) is 6.46. The molecule has 0 saturated carbocycles. The summed E-state index contributed by atoms with van der Waals surface area (Å²) in [6.07, 6.45) is 2.70. The molecule has 5 nitrogen and oxygen atoms in total. The van der Waals surface area contributed by atoms with Crippen LogP contribution in [-0.2, 0) is 18.9 Å². The summed E-state index contributed by atoms with van der Waals surface area (Å²) in [6, 6.07) is 1.56. The van der Waals surface area contributed by atoms with Gasteiger partial charge in [-0.05, 0) is 6.42 Å². The van der Waals surface area contributed by atoms with Gasteiger partial charge in [-0.3, -0.25) is 9.48 Å². The van der Waals surface area contributed by atoms with Gasteiger partial charge in [0.1, 0.15) is 5.82 Å². The Balaban J connectivity index is 2.62. The number of aryl methyl sites for hydroxylation is 2. The normalized spacial score (nSPS) is 11.8. The summed E-state index contributed by atoms with van der Waals surface area (Å²) >= 11 is 0. The Labute approximate surface area is 112 Å². The van der Waals surface area contributed by atoms with E-state index < -0.39 is 0 Å². The van der Waals surface area contributed by atoms with E-state index in [-0.39, 0.29) is 11.0 Å². The first-order valence-electron chi connectivity index (χ1n) is 6.46. The Kier molecular flexibility index (Phi) is 3.30. The van der Waals surface area contributed by atoms with E-state index >= 15 is 0 Å². The van der Waals surface area contributed by atoms with Crippen LogP contribution in [0.5, 0.6) is 0 Å². The largest absolute Gasteiger partial charge is 0.306 e. The molecular weight excluding hydrogens is 240 g/mol. The number of hydrogen-bond donors (Lipinski definition) is 1. The summed E-state index contributed by atoms with van der Waals surface area (Å²) in [5, 5.41) is 4.38. The van der Waals surface area contributed by atoms with Gasteiger partial charge in [0.05, 0.1) is 17.0 Å². The molecule has 0 amide bonds. The lowest BCUT2D eigenvalue weighted by Gasteiger charge is -2.17. The number of aromatic nitrogens is 4. The Bertz CT molecular complexity index is 646. The maximum absolute atomic E-state index is 11.8. The summed E-state index contributed by atoms with van der Waals surface area (Å²) in [7, 11) is 1.87. The summed E-state index contributed by atoms with van der Waals surface area (Å²) in [5.41, 5.74) is 2.35. The summed E-state index contributed by atoms with van der Waals surface area (Å²) in [6.45, 7) is 8.17. The van der Waals surface area contributed by atoms with Crippen LogP contribution in [-0.4, -0.2) is 19.7 Å². The Morgan fingerprint density at radius 2 is 2.05 bits per heavy atom. The minimum atomic E-state index is -0.155. The third kappa shape index (κ3) is 2.75. The minimum absolute atomic E-state index is 0.124. The molecule has 0 aliphatic rings. The molecule has 0 radical (unpaired) electrons. The molecular formula is C14H20N4O. The van der Waals surface area contributed by atoms with Crippen molar-refractivity contribution in [2.45, 2.75) is 39.5 Å². The SMILES string of the molecule is CCc1nn(C)cc1-c1nc(C(C)(C)C)cc(=O)[nH]1. The van der Waals surface area contributed by atoms with Crippen molar-refractivity contribution in [2.75, 3.05) is 0 Å². The van der Waals surface area contributed by atoms with Crippen molar-refractivity contribution >= 4 is 0 Å². The predicted molar refractivity (Wildman–Crippen MR) is 75.1 cm³/mol. The molecule has 102 valence electrons. The van der Waals surface area contributed by atoms with Crippen LogP contribution in [0.15, 0.2) is 17.1 Å². The van der Waals surface area contributed by atoms with Crippen molar-refractivity contribution in [2.24, 2.45) is 7.05 Å². The van der Waals surface area contributed by atoms with Crippen LogP contribution >= 0.6 is 0 Å². The molecule has 0 spiro atoms. The average molecular weight is 260 g/mol. The lowest BCUT2D eigenvalue weighted by Crippen LogP contribution is -2.20. The molecule has 0 bridgehead atoms. The summed E-state index contributed by atoms with van der Waals surface area (Å²) in [5.74, 6) is 0.599. The van der Waals surface area contributed by atoms with E-state index in [0.29, 0.717) is 5.82 Å². The molecule has 1 N–H and O–H groups in total. The summed E-state index contributed by atoms with van der Waals surface area (Å²) < 4.78 is 1.75. The third-order valence-electron chi connectivity index (χ3n) is 3.01. The monoisotopic (exact) mass is 260 g/mol.